The van der Waals surface area contributed by atoms with Crippen LogP contribution in [-0.4, -0.2) is 26.8 Å². The van der Waals surface area contributed by atoms with Crippen LogP contribution in [-0.2, 0) is 4.74 Å². The number of nitrogens with two attached hydrogens (primary N) is 1. The monoisotopic (exact) mass is 266 g/mol. The minimum absolute atomic E-state index is 0.221. The predicted molar refractivity (Wildman–Crippen MR) is 78.0 cm³/mol. The van der Waals surface area contributed by atoms with Crippen LogP contribution in [0.2, 0.25) is 0 Å². The SMILES string of the molecule is C=CCN(CCOC)c1cc(C)c(F)cc1C(C)N. The molecular formula is C15H23FN2O. The van der Waals surface area contributed by atoms with Crippen molar-refractivity contribution in [1.29, 1.82) is 0 Å². The second-order valence-electron chi connectivity index (χ2n) is 4.68. The van der Waals surface area contributed by atoms with Crippen LogP contribution in [0.3, 0.4) is 0 Å². The zero-order chi connectivity index (χ0) is 14.4. The van der Waals surface area contributed by atoms with Gasteiger partial charge in [-0.05, 0) is 37.1 Å². The van der Waals surface area contributed by atoms with Gasteiger partial charge in [-0.1, -0.05) is 6.08 Å². The zero-order valence-corrected chi connectivity index (χ0v) is 11.9. The molecule has 1 rings (SSSR count). The number of aryl methyl sites for hydroxylation is 1. The largest absolute Gasteiger partial charge is 0.383 e. The molecule has 2 N–H and O–H groups in total. The van der Waals surface area contributed by atoms with E-state index >= 15 is 0 Å². The number of hydrogen-bond acceptors (Lipinski definition) is 3. The first kappa shape index (κ1) is 15.7. The number of benzene rings is 1. The van der Waals surface area contributed by atoms with Crippen molar-refractivity contribution in [3.8, 4) is 0 Å². The number of halogens is 1. The molecule has 0 heterocycles. The predicted octanol–water partition coefficient (Wildman–Crippen LogP) is 2.79. The Morgan fingerprint density at radius 1 is 1.53 bits per heavy atom. The van der Waals surface area contributed by atoms with Gasteiger partial charge in [0.15, 0.2) is 0 Å². The maximum absolute atomic E-state index is 13.7. The molecule has 0 aliphatic heterocycles. The number of methoxy groups -OCH3 is 1. The molecule has 19 heavy (non-hydrogen) atoms. The highest BCUT2D eigenvalue weighted by Gasteiger charge is 2.15. The van der Waals surface area contributed by atoms with E-state index in [0.717, 1.165) is 11.3 Å². The van der Waals surface area contributed by atoms with Gasteiger partial charge in [0.1, 0.15) is 5.82 Å². The fourth-order valence-electron chi connectivity index (χ4n) is 1.99. The average Bonchev–Trinajstić information content (AvgIpc) is 2.37. The van der Waals surface area contributed by atoms with Crippen LogP contribution in [0.1, 0.15) is 24.1 Å². The summed E-state index contributed by atoms with van der Waals surface area (Å²) in [7, 11) is 1.66. The van der Waals surface area contributed by atoms with Crippen molar-refractivity contribution in [3.05, 3.63) is 41.7 Å². The van der Waals surface area contributed by atoms with Crippen molar-refractivity contribution in [2.24, 2.45) is 5.73 Å². The number of rotatable bonds is 7. The minimum Gasteiger partial charge on any atom is -0.383 e. The Labute approximate surface area is 114 Å². The van der Waals surface area contributed by atoms with Crippen LogP contribution < -0.4 is 10.6 Å². The van der Waals surface area contributed by atoms with Crippen molar-refractivity contribution in [2.75, 3.05) is 31.7 Å². The van der Waals surface area contributed by atoms with Gasteiger partial charge in [0.2, 0.25) is 0 Å². The first-order chi connectivity index (χ1) is 9.01. The van der Waals surface area contributed by atoms with E-state index in [1.54, 1.807) is 14.0 Å². The zero-order valence-electron chi connectivity index (χ0n) is 11.9. The molecule has 1 aromatic carbocycles. The lowest BCUT2D eigenvalue weighted by molar-refractivity contribution is 0.205. The highest BCUT2D eigenvalue weighted by molar-refractivity contribution is 5.57. The second-order valence-corrected chi connectivity index (χ2v) is 4.68. The lowest BCUT2D eigenvalue weighted by Gasteiger charge is -2.27. The van der Waals surface area contributed by atoms with Gasteiger partial charge in [-0.2, -0.15) is 0 Å². The molecule has 0 radical (unpaired) electrons. The Morgan fingerprint density at radius 2 is 2.21 bits per heavy atom. The third-order valence-corrected chi connectivity index (χ3v) is 3.05. The number of anilines is 1. The summed E-state index contributed by atoms with van der Waals surface area (Å²) < 4.78 is 18.8. The van der Waals surface area contributed by atoms with Gasteiger partial charge in [0.25, 0.3) is 0 Å². The summed E-state index contributed by atoms with van der Waals surface area (Å²) in [6, 6.07) is 3.14. The molecular weight excluding hydrogens is 243 g/mol. The van der Waals surface area contributed by atoms with Crippen molar-refractivity contribution in [3.63, 3.8) is 0 Å². The van der Waals surface area contributed by atoms with Gasteiger partial charge >= 0.3 is 0 Å². The molecule has 0 aliphatic carbocycles. The normalized spacial score (nSPS) is 12.3. The summed E-state index contributed by atoms with van der Waals surface area (Å²) in [5, 5.41) is 0. The molecule has 0 saturated carbocycles. The minimum atomic E-state index is -0.222. The molecule has 0 fully saturated rings. The van der Waals surface area contributed by atoms with Crippen LogP contribution in [0, 0.1) is 12.7 Å². The van der Waals surface area contributed by atoms with Crippen molar-refractivity contribution in [1.82, 2.24) is 0 Å². The summed E-state index contributed by atoms with van der Waals surface area (Å²) >= 11 is 0. The molecule has 106 valence electrons. The van der Waals surface area contributed by atoms with Gasteiger partial charge < -0.3 is 15.4 Å². The first-order valence-electron chi connectivity index (χ1n) is 6.41. The highest BCUT2D eigenvalue weighted by atomic mass is 19.1. The summed E-state index contributed by atoms with van der Waals surface area (Å²) in [6.07, 6.45) is 1.82. The van der Waals surface area contributed by atoms with Crippen LogP contribution in [0.5, 0.6) is 0 Å². The molecule has 0 saturated heterocycles. The molecule has 0 amide bonds. The van der Waals surface area contributed by atoms with Crippen molar-refractivity contribution in [2.45, 2.75) is 19.9 Å². The second kappa shape index (κ2) is 7.26. The molecule has 4 heteroatoms. The van der Waals surface area contributed by atoms with E-state index in [-0.39, 0.29) is 11.9 Å². The molecule has 0 aliphatic rings. The first-order valence-corrected chi connectivity index (χ1v) is 6.41. The standard InChI is InChI=1S/C15H23FN2O/c1-5-6-18(7-8-19-4)15-9-11(2)14(16)10-13(15)12(3)17/h5,9-10,12H,1,6-8,17H2,2-4H3. The number of hydrogen-bond donors (Lipinski definition) is 1. The summed E-state index contributed by atoms with van der Waals surface area (Å²) in [5.41, 5.74) is 8.32. The van der Waals surface area contributed by atoms with E-state index in [9.17, 15) is 4.39 Å². The Bertz CT molecular complexity index is 432. The molecule has 0 spiro atoms. The third kappa shape index (κ3) is 4.04. The number of nitrogens with zero attached hydrogens (tertiary/aromatic N) is 1. The van der Waals surface area contributed by atoms with E-state index in [4.69, 9.17) is 10.5 Å². The summed E-state index contributed by atoms with van der Waals surface area (Å²) in [6.45, 7) is 9.36. The van der Waals surface area contributed by atoms with Crippen LogP contribution in [0.4, 0.5) is 10.1 Å². The van der Waals surface area contributed by atoms with E-state index < -0.39 is 0 Å². The van der Waals surface area contributed by atoms with Gasteiger partial charge in [-0.25, -0.2) is 4.39 Å². The molecule has 0 bridgehead atoms. The summed E-state index contributed by atoms with van der Waals surface area (Å²) in [4.78, 5) is 2.10. The average molecular weight is 266 g/mol. The quantitative estimate of drug-likeness (QED) is 0.771. The number of ether oxygens (including phenoxy) is 1. The molecule has 1 aromatic rings. The maximum Gasteiger partial charge on any atom is 0.126 e. The van der Waals surface area contributed by atoms with Crippen LogP contribution in [0.25, 0.3) is 0 Å². The summed E-state index contributed by atoms with van der Waals surface area (Å²) in [5.74, 6) is -0.221. The molecule has 1 unspecified atom stereocenters. The van der Waals surface area contributed by atoms with Gasteiger partial charge in [0, 0.05) is 31.9 Å². The Balaban J connectivity index is 3.18. The Hall–Kier alpha value is -1.39. The van der Waals surface area contributed by atoms with Crippen LogP contribution in [0.15, 0.2) is 24.8 Å². The molecule has 3 nitrogen and oxygen atoms in total. The van der Waals surface area contributed by atoms with E-state index in [1.165, 1.54) is 6.07 Å². The van der Waals surface area contributed by atoms with E-state index in [2.05, 4.69) is 11.5 Å². The lowest BCUT2D eigenvalue weighted by atomic mass is 10.0. The Morgan fingerprint density at radius 3 is 2.74 bits per heavy atom. The van der Waals surface area contributed by atoms with Crippen LogP contribution >= 0.6 is 0 Å². The van der Waals surface area contributed by atoms with E-state index in [1.807, 2.05) is 19.1 Å². The molecule has 1 atom stereocenters. The highest BCUT2D eigenvalue weighted by Crippen LogP contribution is 2.28. The topological polar surface area (TPSA) is 38.5 Å². The van der Waals surface area contributed by atoms with Gasteiger partial charge in [-0.3, -0.25) is 0 Å². The van der Waals surface area contributed by atoms with Gasteiger partial charge in [-0.15, -0.1) is 6.58 Å². The smallest absolute Gasteiger partial charge is 0.126 e. The van der Waals surface area contributed by atoms with Gasteiger partial charge in [0.05, 0.1) is 6.61 Å². The fourth-order valence-corrected chi connectivity index (χ4v) is 1.99. The van der Waals surface area contributed by atoms with Crippen molar-refractivity contribution >= 4 is 5.69 Å². The Kier molecular flexibility index (Phi) is 5.99. The van der Waals surface area contributed by atoms with Crippen molar-refractivity contribution < 1.29 is 9.13 Å². The lowest BCUT2D eigenvalue weighted by Crippen LogP contribution is -2.29. The molecule has 0 aromatic heterocycles. The fraction of sp³-hybridized carbons (Fsp3) is 0.467. The maximum atomic E-state index is 13.7. The van der Waals surface area contributed by atoms with E-state index in [0.29, 0.717) is 25.3 Å². The third-order valence-electron chi connectivity index (χ3n) is 3.05.